The predicted molar refractivity (Wildman–Crippen MR) is 85.9 cm³/mol. The first-order chi connectivity index (χ1) is 10.2. The first-order valence-corrected chi connectivity index (χ1v) is 7.87. The number of hydrogen-bond acceptors (Lipinski definition) is 3. The third-order valence-electron chi connectivity index (χ3n) is 4.36. The van der Waals surface area contributed by atoms with Gasteiger partial charge in [0.2, 0.25) is 5.91 Å². The number of hydrogen-bond donors (Lipinski definition) is 0. The smallest absolute Gasteiger partial charge is 0.225 e. The maximum absolute atomic E-state index is 12.4. The van der Waals surface area contributed by atoms with Gasteiger partial charge < -0.3 is 14.5 Å². The van der Waals surface area contributed by atoms with E-state index in [0.717, 1.165) is 44.8 Å². The highest BCUT2D eigenvalue weighted by Gasteiger charge is 2.25. The molecule has 1 amide bonds. The Balaban J connectivity index is 1.91. The van der Waals surface area contributed by atoms with Crippen LogP contribution in [0.3, 0.4) is 0 Å². The number of ether oxygens (including phenoxy) is 1. The van der Waals surface area contributed by atoms with Crippen molar-refractivity contribution in [3.05, 3.63) is 24.3 Å². The van der Waals surface area contributed by atoms with Gasteiger partial charge in [-0.3, -0.25) is 4.79 Å². The number of carbonyl (C=O) groups is 1. The number of anilines is 1. The lowest BCUT2D eigenvalue weighted by Gasteiger charge is -2.37. The van der Waals surface area contributed by atoms with Crippen LogP contribution in [0.25, 0.3) is 0 Å². The number of amides is 1. The number of piperazine rings is 1. The number of benzene rings is 1. The largest absolute Gasteiger partial charge is 0.497 e. The molecular formula is C17H26N2O2. The summed E-state index contributed by atoms with van der Waals surface area (Å²) in [7, 11) is 1.68. The van der Waals surface area contributed by atoms with Gasteiger partial charge >= 0.3 is 0 Å². The number of nitrogens with zero attached hydrogens (tertiary/aromatic N) is 2. The second-order valence-corrected chi connectivity index (χ2v) is 5.52. The van der Waals surface area contributed by atoms with E-state index < -0.39 is 0 Å². The van der Waals surface area contributed by atoms with Crippen LogP contribution in [0.4, 0.5) is 5.69 Å². The lowest BCUT2D eigenvalue weighted by Crippen LogP contribution is -2.50. The zero-order chi connectivity index (χ0) is 15.2. The summed E-state index contributed by atoms with van der Waals surface area (Å²) in [6.07, 6.45) is 1.88. The normalized spacial score (nSPS) is 15.4. The molecule has 1 aromatic rings. The van der Waals surface area contributed by atoms with Gasteiger partial charge in [-0.25, -0.2) is 0 Å². The maximum Gasteiger partial charge on any atom is 0.225 e. The monoisotopic (exact) mass is 290 g/mol. The maximum atomic E-state index is 12.4. The van der Waals surface area contributed by atoms with Crippen molar-refractivity contribution < 1.29 is 9.53 Å². The number of carbonyl (C=O) groups excluding carboxylic acids is 1. The van der Waals surface area contributed by atoms with E-state index in [4.69, 9.17) is 4.74 Å². The van der Waals surface area contributed by atoms with E-state index >= 15 is 0 Å². The fourth-order valence-electron chi connectivity index (χ4n) is 2.87. The van der Waals surface area contributed by atoms with Crippen LogP contribution in [0.15, 0.2) is 24.3 Å². The molecular weight excluding hydrogens is 264 g/mol. The van der Waals surface area contributed by atoms with E-state index in [0.29, 0.717) is 5.91 Å². The zero-order valence-corrected chi connectivity index (χ0v) is 13.3. The van der Waals surface area contributed by atoms with E-state index in [1.807, 2.05) is 17.0 Å². The Morgan fingerprint density at radius 2 is 1.67 bits per heavy atom. The van der Waals surface area contributed by atoms with E-state index in [1.54, 1.807) is 7.11 Å². The quantitative estimate of drug-likeness (QED) is 0.836. The van der Waals surface area contributed by atoms with Gasteiger partial charge in [0.05, 0.1) is 7.11 Å². The number of methoxy groups -OCH3 is 1. The zero-order valence-electron chi connectivity index (χ0n) is 13.3. The molecule has 0 aromatic heterocycles. The molecule has 0 unspecified atom stereocenters. The van der Waals surface area contributed by atoms with E-state index in [2.05, 4.69) is 30.9 Å². The molecule has 0 bridgehead atoms. The van der Waals surface area contributed by atoms with Crippen molar-refractivity contribution in [2.45, 2.75) is 26.7 Å². The van der Waals surface area contributed by atoms with Gasteiger partial charge in [-0.2, -0.15) is 0 Å². The average Bonchev–Trinajstić information content (AvgIpc) is 2.56. The van der Waals surface area contributed by atoms with E-state index in [-0.39, 0.29) is 5.92 Å². The van der Waals surface area contributed by atoms with Crippen molar-refractivity contribution in [1.82, 2.24) is 4.90 Å². The standard InChI is InChI=1S/C17H26N2O2/c1-4-14(5-2)17(20)19-12-10-18(11-13-19)15-6-8-16(21-3)9-7-15/h6-9,14H,4-5,10-13H2,1-3H3. The summed E-state index contributed by atoms with van der Waals surface area (Å²) in [6, 6.07) is 8.13. The van der Waals surface area contributed by atoms with Crippen LogP contribution in [-0.2, 0) is 4.79 Å². The number of rotatable bonds is 5. The summed E-state index contributed by atoms with van der Waals surface area (Å²) in [5.41, 5.74) is 1.20. The van der Waals surface area contributed by atoms with E-state index in [9.17, 15) is 4.79 Å². The first kappa shape index (κ1) is 15.7. The summed E-state index contributed by atoms with van der Waals surface area (Å²) in [6.45, 7) is 7.64. The van der Waals surface area contributed by atoms with Crippen LogP contribution in [-0.4, -0.2) is 44.1 Å². The Labute approximate surface area is 127 Å². The van der Waals surface area contributed by atoms with Gasteiger partial charge in [0.1, 0.15) is 5.75 Å². The van der Waals surface area contributed by atoms with Crippen LogP contribution in [0.1, 0.15) is 26.7 Å². The van der Waals surface area contributed by atoms with Gasteiger partial charge in [-0.15, -0.1) is 0 Å². The van der Waals surface area contributed by atoms with Gasteiger partial charge in [-0.05, 0) is 37.1 Å². The SMILES string of the molecule is CCC(CC)C(=O)N1CCN(c2ccc(OC)cc2)CC1. The Hall–Kier alpha value is -1.71. The molecule has 1 aromatic carbocycles. The summed E-state index contributed by atoms with van der Waals surface area (Å²) in [5, 5.41) is 0. The van der Waals surface area contributed by atoms with Crippen molar-refractivity contribution in [3.8, 4) is 5.75 Å². The fourth-order valence-corrected chi connectivity index (χ4v) is 2.87. The molecule has 1 fully saturated rings. The molecule has 1 aliphatic heterocycles. The molecule has 0 radical (unpaired) electrons. The van der Waals surface area contributed by atoms with Crippen LogP contribution < -0.4 is 9.64 Å². The van der Waals surface area contributed by atoms with Gasteiger partial charge in [0.15, 0.2) is 0 Å². The molecule has 2 rings (SSSR count). The highest BCUT2D eigenvalue weighted by molar-refractivity contribution is 5.79. The molecule has 0 saturated carbocycles. The van der Waals surface area contributed by atoms with Crippen molar-refractivity contribution in [2.24, 2.45) is 5.92 Å². The summed E-state index contributed by atoms with van der Waals surface area (Å²) >= 11 is 0. The van der Waals surface area contributed by atoms with Crippen molar-refractivity contribution in [1.29, 1.82) is 0 Å². The Bertz CT molecular complexity index is 446. The first-order valence-electron chi connectivity index (χ1n) is 7.87. The minimum absolute atomic E-state index is 0.192. The molecule has 0 N–H and O–H groups in total. The lowest BCUT2D eigenvalue weighted by molar-refractivity contribution is -0.136. The highest BCUT2D eigenvalue weighted by atomic mass is 16.5. The molecule has 116 valence electrons. The minimum atomic E-state index is 0.192. The Morgan fingerprint density at radius 3 is 2.14 bits per heavy atom. The van der Waals surface area contributed by atoms with Crippen molar-refractivity contribution in [3.63, 3.8) is 0 Å². The van der Waals surface area contributed by atoms with Crippen LogP contribution >= 0.6 is 0 Å². The average molecular weight is 290 g/mol. The molecule has 1 aliphatic rings. The molecule has 1 heterocycles. The fraction of sp³-hybridized carbons (Fsp3) is 0.588. The molecule has 4 nitrogen and oxygen atoms in total. The summed E-state index contributed by atoms with van der Waals surface area (Å²) < 4.78 is 5.18. The molecule has 1 saturated heterocycles. The van der Waals surface area contributed by atoms with Gasteiger partial charge in [0.25, 0.3) is 0 Å². The highest BCUT2D eigenvalue weighted by Crippen LogP contribution is 2.21. The molecule has 0 spiro atoms. The molecule has 4 heteroatoms. The van der Waals surface area contributed by atoms with Crippen molar-refractivity contribution in [2.75, 3.05) is 38.2 Å². The van der Waals surface area contributed by atoms with Crippen LogP contribution in [0.5, 0.6) is 5.75 Å². The minimum Gasteiger partial charge on any atom is -0.497 e. The van der Waals surface area contributed by atoms with Crippen LogP contribution in [0.2, 0.25) is 0 Å². The Kier molecular flexibility index (Phi) is 5.48. The topological polar surface area (TPSA) is 32.8 Å². The third kappa shape index (κ3) is 3.69. The van der Waals surface area contributed by atoms with Crippen LogP contribution in [0, 0.1) is 5.92 Å². The molecule has 0 aliphatic carbocycles. The second-order valence-electron chi connectivity index (χ2n) is 5.52. The summed E-state index contributed by atoms with van der Waals surface area (Å²) in [5.74, 6) is 1.40. The van der Waals surface area contributed by atoms with Gasteiger partial charge in [0, 0.05) is 37.8 Å². The third-order valence-corrected chi connectivity index (χ3v) is 4.36. The lowest BCUT2D eigenvalue weighted by atomic mass is 10.0. The molecule has 21 heavy (non-hydrogen) atoms. The molecule has 0 atom stereocenters. The summed E-state index contributed by atoms with van der Waals surface area (Å²) in [4.78, 5) is 16.7. The Morgan fingerprint density at radius 1 is 1.10 bits per heavy atom. The van der Waals surface area contributed by atoms with Gasteiger partial charge in [-0.1, -0.05) is 13.8 Å². The second kappa shape index (κ2) is 7.34. The van der Waals surface area contributed by atoms with E-state index in [1.165, 1.54) is 5.69 Å². The predicted octanol–water partition coefficient (Wildman–Crippen LogP) is 2.78. The van der Waals surface area contributed by atoms with Crippen molar-refractivity contribution >= 4 is 11.6 Å².